The van der Waals surface area contributed by atoms with E-state index in [0.717, 1.165) is 54.9 Å². The van der Waals surface area contributed by atoms with E-state index in [4.69, 9.17) is 19.4 Å². The summed E-state index contributed by atoms with van der Waals surface area (Å²) in [5.74, 6) is 1.69. The van der Waals surface area contributed by atoms with E-state index in [2.05, 4.69) is 265 Å². The van der Waals surface area contributed by atoms with Gasteiger partial charge in [0.2, 0.25) is 5.95 Å². The third kappa shape index (κ3) is 7.66. The average Bonchev–Trinajstić information content (AvgIpc) is 4.05. The second kappa shape index (κ2) is 18.4. The molecule has 0 saturated heterocycles. The molecule has 0 spiro atoms. The topological polar surface area (TPSA) is 56.7 Å². The monoisotopic (exact) mass is 974 g/mol. The number of rotatable bonds is 10. The van der Waals surface area contributed by atoms with E-state index in [1.165, 1.54) is 54.1 Å². The van der Waals surface area contributed by atoms with Crippen LogP contribution in [0.15, 0.2) is 283 Å². The number of nitrogens with zero attached hydrogens (tertiary/aromatic N) is 4. The zero-order valence-corrected chi connectivity index (χ0v) is 41.8. The maximum atomic E-state index is 6.31. The fourth-order valence-corrected chi connectivity index (χ4v) is 16.2. The van der Waals surface area contributed by atoms with Crippen molar-refractivity contribution in [3.8, 4) is 62.1 Å². The van der Waals surface area contributed by atoms with E-state index >= 15 is 0 Å². The lowest BCUT2D eigenvalue weighted by Gasteiger charge is -2.35. The highest BCUT2D eigenvalue weighted by atomic mass is 28.3. The molecule has 0 unspecified atom stereocenters. The van der Waals surface area contributed by atoms with Gasteiger partial charge in [0.1, 0.15) is 11.2 Å². The first-order valence-electron chi connectivity index (χ1n) is 25.4. The largest absolute Gasteiger partial charge is 0.456 e. The number of hydrogen-bond donors (Lipinski definition) is 0. The van der Waals surface area contributed by atoms with E-state index in [1.54, 1.807) is 0 Å². The summed E-state index contributed by atoms with van der Waals surface area (Å²) >= 11 is 0. The maximum Gasteiger partial charge on any atom is 0.238 e. The number of fused-ring (bicyclic) bond motifs is 6. The number of aromatic nitrogens is 4. The van der Waals surface area contributed by atoms with Crippen LogP contribution in [0.5, 0.6) is 0 Å². The van der Waals surface area contributed by atoms with Crippen molar-refractivity contribution in [3.63, 3.8) is 0 Å². The predicted molar refractivity (Wildman–Crippen MR) is 312 cm³/mol. The van der Waals surface area contributed by atoms with Gasteiger partial charge in [-0.1, -0.05) is 243 Å². The summed E-state index contributed by atoms with van der Waals surface area (Å²) in [5.41, 5.74) is 12.5. The molecule has 3 aromatic heterocycles. The third-order valence-corrected chi connectivity index (χ3v) is 19.5. The van der Waals surface area contributed by atoms with Crippen LogP contribution < -0.4 is 20.7 Å². The second-order valence-corrected chi connectivity index (χ2v) is 22.9. The van der Waals surface area contributed by atoms with E-state index in [-0.39, 0.29) is 0 Å². The second-order valence-electron chi connectivity index (χ2n) is 19.1. The van der Waals surface area contributed by atoms with Crippen LogP contribution in [-0.2, 0) is 0 Å². The molecule has 0 bridgehead atoms. The van der Waals surface area contributed by atoms with E-state index in [0.29, 0.717) is 17.6 Å². The van der Waals surface area contributed by atoms with Gasteiger partial charge in [-0.05, 0) is 90.5 Å². The quantitative estimate of drug-likeness (QED) is 0.101. The van der Waals surface area contributed by atoms with Gasteiger partial charge in [-0.3, -0.25) is 4.57 Å². The van der Waals surface area contributed by atoms with Crippen LogP contribution >= 0.6 is 0 Å². The van der Waals surface area contributed by atoms with Crippen molar-refractivity contribution >= 4 is 72.6 Å². The molecule has 0 fully saturated rings. The molecule has 3 heterocycles. The molecule has 352 valence electrons. The van der Waals surface area contributed by atoms with E-state index in [9.17, 15) is 0 Å². The third-order valence-electron chi connectivity index (χ3n) is 14.8. The lowest BCUT2D eigenvalue weighted by Crippen LogP contribution is -2.74. The standard InChI is InChI=1S/C69H46N4OSi/c1-4-20-47(21-5-1)50-26-16-30-55(42-50)75(56-31-17-27-51(43-56)48-22-6-2-7-23-48,57-32-18-28-52(44-57)49-24-8-3-9-25-49)58-33-19-29-53(45-58)67-70-68(54-40-41-66-62(46-54)61-36-12-15-39-65(61)74-66)72-69(71-67)73-63-37-13-10-34-59(63)60-35-11-14-38-64(60)73/h1-46H. The molecule has 0 amide bonds. The number of hydrogen-bond acceptors (Lipinski definition) is 4. The summed E-state index contributed by atoms with van der Waals surface area (Å²) in [4.78, 5) is 16.4. The van der Waals surface area contributed by atoms with Gasteiger partial charge in [0, 0.05) is 32.7 Å². The van der Waals surface area contributed by atoms with Gasteiger partial charge in [-0.2, -0.15) is 9.97 Å². The summed E-state index contributed by atoms with van der Waals surface area (Å²) in [7, 11) is -3.31. The molecule has 0 N–H and O–H groups in total. The van der Waals surface area contributed by atoms with Crippen LogP contribution in [0, 0.1) is 0 Å². The summed E-state index contributed by atoms with van der Waals surface area (Å²) in [6.45, 7) is 0. The van der Waals surface area contributed by atoms with Crippen LogP contribution in [0.25, 0.3) is 106 Å². The first kappa shape index (κ1) is 44.0. The Balaban J connectivity index is 1.05. The zero-order chi connectivity index (χ0) is 49.7. The van der Waals surface area contributed by atoms with Gasteiger partial charge >= 0.3 is 0 Å². The Morgan fingerprint density at radius 2 is 0.640 bits per heavy atom. The van der Waals surface area contributed by atoms with Crippen LogP contribution in [0.3, 0.4) is 0 Å². The van der Waals surface area contributed by atoms with Gasteiger partial charge in [0.25, 0.3) is 0 Å². The van der Waals surface area contributed by atoms with Crippen molar-refractivity contribution in [2.75, 3.05) is 0 Å². The van der Waals surface area contributed by atoms with Crippen molar-refractivity contribution in [2.45, 2.75) is 0 Å². The molecule has 0 radical (unpaired) electrons. The lowest BCUT2D eigenvalue weighted by molar-refractivity contribution is 0.669. The first-order chi connectivity index (χ1) is 37.2. The van der Waals surface area contributed by atoms with E-state index in [1.807, 2.05) is 18.2 Å². The summed E-state index contributed by atoms with van der Waals surface area (Å²) in [6, 6.07) is 100. The summed E-state index contributed by atoms with van der Waals surface area (Å²) in [5, 5.41) is 9.31. The Bertz CT molecular complexity index is 4180. The molecule has 14 rings (SSSR count). The smallest absolute Gasteiger partial charge is 0.238 e. The molecule has 0 atom stereocenters. The van der Waals surface area contributed by atoms with Crippen molar-refractivity contribution in [1.82, 2.24) is 19.5 Å². The highest BCUT2D eigenvalue weighted by molar-refractivity contribution is 7.20. The molecule has 11 aromatic carbocycles. The molecule has 14 aromatic rings. The van der Waals surface area contributed by atoms with Crippen molar-refractivity contribution < 1.29 is 4.42 Å². The Morgan fingerprint density at radius 1 is 0.267 bits per heavy atom. The van der Waals surface area contributed by atoms with Crippen molar-refractivity contribution in [2.24, 2.45) is 0 Å². The molecule has 0 aliphatic carbocycles. The summed E-state index contributed by atoms with van der Waals surface area (Å²) < 4.78 is 8.50. The Kier molecular flexibility index (Phi) is 10.8. The molecule has 5 nitrogen and oxygen atoms in total. The highest BCUT2D eigenvalue weighted by Gasteiger charge is 2.42. The predicted octanol–water partition coefficient (Wildman–Crippen LogP) is 14.6. The Morgan fingerprint density at radius 3 is 1.13 bits per heavy atom. The number of furan rings is 1. The van der Waals surface area contributed by atoms with Crippen LogP contribution in [0.4, 0.5) is 0 Å². The van der Waals surface area contributed by atoms with Crippen LogP contribution in [0.2, 0.25) is 0 Å². The molecular weight excluding hydrogens is 929 g/mol. The Hall–Kier alpha value is -9.75. The molecule has 0 aliphatic heterocycles. The van der Waals surface area contributed by atoms with Crippen molar-refractivity contribution in [3.05, 3.63) is 279 Å². The van der Waals surface area contributed by atoms with Gasteiger partial charge in [0.15, 0.2) is 19.7 Å². The normalized spacial score (nSPS) is 11.7. The van der Waals surface area contributed by atoms with Crippen LogP contribution in [-0.4, -0.2) is 27.6 Å². The molecule has 0 saturated carbocycles. The molecular formula is C69H46N4OSi. The van der Waals surface area contributed by atoms with Gasteiger partial charge < -0.3 is 4.42 Å². The maximum absolute atomic E-state index is 6.31. The first-order valence-corrected chi connectivity index (χ1v) is 27.4. The number of benzene rings is 11. The van der Waals surface area contributed by atoms with Gasteiger partial charge in [0.05, 0.1) is 11.0 Å². The van der Waals surface area contributed by atoms with Gasteiger partial charge in [-0.25, -0.2) is 4.98 Å². The minimum absolute atomic E-state index is 0.542. The summed E-state index contributed by atoms with van der Waals surface area (Å²) in [6.07, 6.45) is 0. The van der Waals surface area contributed by atoms with Crippen LogP contribution in [0.1, 0.15) is 0 Å². The lowest BCUT2D eigenvalue weighted by atomic mass is 10.1. The minimum Gasteiger partial charge on any atom is -0.456 e. The fourth-order valence-electron chi connectivity index (χ4n) is 11.3. The average molecular weight is 975 g/mol. The molecule has 0 aliphatic rings. The fraction of sp³-hybridized carbons (Fsp3) is 0. The molecule has 75 heavy (non-hydrogen) atoms. The van der Waals surface area contributed by atoms with Gasteiger partial charge in [-0.15, -0.1) is 0 Å². The minimum atomic E-state index is -3.31. The Labute approximate surface area is 435 Å². The van der Waals surface area contributed by atoms with Crippen molar-refractivity contribution in [1.29, 1.82) is 0 Å². The zero-order valence-electron chi connectivity index (χ0n) is 40.8. The SMILES string of the molecule is c1ccc(-c2cccc([Si](c3cccc(-c4ccccc4)c3)(c3cccc(-c4ccccc4)c3)c3cccc(-c4nc(-c5ccc6oc7ccccc7c6c5)nc(-n5c6ccccc6c6ccccc65)n4)c3)c2)cc1. The molecule has 6 heteroatoms. The highest BCUT2D eigenvalue weighted by Crippen LogP contribution is 2.35. The number of para-hydroxylation sites is 3. The van der Waals surface area contributed by atoms with E-state index < -0.39 is 8.07 Å².